The Balaban J connectivity index is 2.76. The van der Waals surface area contributed by atoms with Gasteiger partial charge in [-0.3, -0.25) is 4.79 Å². The molecule has 0 aliphatic carbocycles. The highest BCUT2D eigenvalue weighted by atomic mass is 16.3. The molecular formula is C11H11N3O2. The number of para-hydroxylation sites is 2. The summed E-state index contributed by atoms with van der Waals surface area (Å²) in [6, 6.07) is 7.11. The average molecular weight is 217 g/mol. The Kier molecular flexibility index (Phi) is 2.54. The number of carbonyl (C=O) groups excluding carboxylic acids is 1. The van der Waals surface area contributed by atoms with E-state index in [0.717, 1.165) is 0 Å². The predicted octanol–water partition coefficient (Wildman–Crippen LogP) is 0.782. The Labute approximate surface area is 91.9 Å². The van der Waals surface area contributed by atoms with Crippen LogP contribution in [0.5, 0.6) is 0 Å². The molecule has 1 aromatic carbocycles. The molecule has 0 radical (unpaired) electrons. The van der Waals surface area contributed by atoms with Crippen LogP contribution in [0.2, 0.25) is 0 Å². The fraction of sp³-hybridized carbons (Fsp3) is 0.182. The standard InChI is InChI=1S/C11H11N3O2/c1-6(15)9-10(11(12)16)14-8-5-3-2-4-7(8)13-9/h2-6,15H,1H3,(H2,12,16). The number of rotatable bonds is 2. The number of hydrogen-bond donors (Lipinski definition) is 2. The lowest BCUT2D eigenvalue weighted by atomic mass is 10.2. The lowest BCUT2D eigenvalue weighted by molar-refractivity contribution is 0.0987. The van der Waals surface area contributed by atoms with Gasteiger partial charge >= 0.3 is 0 Å². The maximum absolute atomic E-state index is 11.2. The average Bonchev–Trinajstić information content (AvgIpc) is 2.27. The summed E-state index contributed by atoms with van der Waals surface area (Å²) in [6.45, 7) is 1.52. The molecular weight excluding hydrogens is 206 g/mol. The van der Waals surface area contributed by atoms with Crippen LogP contribution in [-0.2, 0) is 0 Å². The van der Waals surface area contributed by atoms with Gasteiger partial charge in [-0.15, -0.1) is 0 Å². The van der Waals surface area contributed by atoms with Gasteiger partial charge in [-0.05, 0) is 19.1 Å². The molecule has 2 aromatic rings. The number of nitrogens with two attached hydrogens (primary N) is 1. The van der Waals surface area contributed by atoms with Crippen molar-refractivity contribution in [3.8, 4) is 0 Å². The molecule has 0 aliphatic rings. The summed E-state index contributed by atoms with van der Waals surface area (Å²) in [5.41, 5.74) is 6.64. The highest BCUT2D eigenvalue weighted by Crippen LogP contribution is 2.17. The molecule has 1 unspecified atom stereocenters. The van der Waals surface area contributed by atoms with Gasteiger partial charge in [0.05, 0.1) is 17.1 Å². The van der Waals surface area contributed by atoms with Crippen LogP contribution in [0.25, 0.3) is 11.0 Å². The Bertz CT molecular complexity index is 552. The van der Waals surface area contributed by atoms with Crippen LogP contribution in [0, 0.1) is 0 Å². The first-order chi connectivity index (χ1) is 7.59. The number of hydrogen-bond acceptors (Lipinski definition) is 4. The van der Waals surface area contributed by atoms with Crippen LogP contribution >= 0.6 is 0 Å². The Morgan fingerprint density at radius 3 is 2.38 bits per heavy atom. The van der Waals surface area contributed by atoms with Crippen LogP contribution in [0.15, 0.2) is 24.3 Å². The second kappa shape index (κ2) is 3.86. The van der Waals surface area contributed by atoms with Crippen LogP contribution in [0.1, 0.15) is 29.2 Å². The van der Waals surface area contributed by atoms with Gasteiger partial charge in [0.2, 0.25) is 0 Å². The predicted molar refractivity (Wildman–Crippen MR) is 58.7 cm³/mol. The lowest BCUT2D eigenvalue weighted by Gasteiger charge is -2.08. The monoisotopic (exact) mass is 217 g/mol. The van der Waals surface area contributed by atoms with E-state index in [0.29, 0.717) is 11.0 Å². The molecule has 0 bridgehead atoms. The SMILES string of the molecule is CC(O)c1nc2ccccc2nc1C(N)=O. The van der Waals surface area contributed by atoms with Crippen LogP contribution in [-0.4, -0.2) is 21.0 Å². The molecule has 0 fully saturated rings. The molecule has 5 heteroatoms. The van der Waals surface area contributed by atoms with Crippen molar-refractivity contribution in [2.24, 2.45) is 5.73 Å². The van der Waals surface area contributed by atoms with E-state index < -0.39 is 12.0 Å². The van der Waals surface area contributed by atoms with E-state index in [4.69, 9.17) is 5.73 Å². The number of fused-ring (bicyclic) bond motifs is 1. The second-order valence-electron chi connectivity index (χ2n) is 3.49. The number of aliphatic hydroxyl groups excluding tert-OH is 1. The number of amides is 1. The quantitative estimate of drug-likeness (QED) is 0.778. The fourth-order valence-electron chi connectivity index (χ4n) is 1.49. The zero-order valence-corrected chi connectivity index (χ0v) is 8.71. The number of benzene rings is 1. The van der Waals surface area contributed by atoms with Gasteiger partial charge in [0, 0.05) is 0 Å². The van der Waals surface area contributed by atoms with Crippen molar-refractivity contribution in [3.05, 3.63) is 35.7 Å². The minimum absolute atomic E-state index is 0.0219. The molecule has 0 aliphatic heterocycles. The maximum Gasteiger partial charge on any atom is 0.269 e. The summed E-state index contributed by atoms with van der Waals surface area (Å²) in [4.78, 5) is 19.5. The van der Waals surface area contributed by atoms with Crippen LogP contribution in [0.4, 0.5) is 0 Å². The first kappa shape index (κ1) is 10.5. The van der Waals surface area contributed by atoms with E-state index in [9.17, 15) is 9.90 Å². The minimum Gasteiger partial charge on any atom is -0.387 e. The first-order valence-corrected chi connectivity index (χ1v) is 4.84. The van der Waals surface area contributed by atoms with Gasteiger partial charge in [-0.1, -0.05) is 12.1 Å². The largest absolute Gasteiger partial charge is 0.387 e. The molecule has 1 amide bonds. The topological polar surface area (TPSA) is 89.1 Å². The third-order valence-electron chi connectivity index (χ3n) is 2.23. The van der Waals surface area contributed by atoms with E-state index in [2.05, 4.69) is 9.97 Å². The van der Waals surface area contributed by atoms with Crippen molar-refractivity contribution in [1.82, 2.24) is 9.97 Å². The summed E-state index contributed by atoms with van der Waals surface area (Å²) in [5.74, 6) is -0.686. The van der Waals surface area contributed by atoms with E-state index in [1.165, 1.54) is 6.92 Å². The number of aromatic nitrogens is 2. The van der Waals surface area contributed by atoms with Crippen LogP contribution in [0.3, 0.4) is 0 Å². The van der Waals surface area contributed by atoms with Gasteiger partial charge in [-0.2, -0.15) is 0 Å². The lowest BCUT2D eigenvalue weighted by Crippen LogP contribution is -2.18. The number of nitrogens with zero attached hydrogens (tertiary/aromatic N) is 2. The van der Waals surface area contributed by atoms with E-state index in [-0.39, 0.29) is 11.4 Å². The smallest absolute Gasteiger partial charge is 0.269 e. The Morgan fingerprint density at radius 1 is 1.31 bits per heavy atom. The van der Waals surface area contributed by atoms with Gasteiger partial charge in [0.15, 0.2) is 5.69 Å². The minimum atomic E-state index is -0.875. The zero-order valence-electron chi connectivity index (χ0n) is 8.71. The molecule has 0 saturated carbocycles. The summed E-state index contributed by atoms with van der Waals surface area (Å²) in [7, 11) is 0. The van der Waals surface area contributed by atoms with Gasteiger partial charge in [-0.25, -0.2) is 9.97 Å². The summed E-state index contributed by atoms with van der Waals surface area (Å²) in [6.07, 6.45) is -0.875. The summed E-state index contributed by atoms with van der Waals surface area (Å²) in [5, 5.41) is 9.50. The number of carbonyl (C=O) groups is 1. The fourth-order valence-corrected chi connectivity index (χ4v) is 1.49. The van der Waals surface area contributed by atoms with Gasteiger partial charge < -0.3 is 10.8 Å². The van der Waals surface area contributed by atoms with Crippen molar-refractivity contribution in [1.29, 1.82) is 0 Å². The van der Waals surface area contributed by atoms with E-state index in [1.54, 1.807) is 18.2 Å². The van der Waals surface area contributed by atoms with Crippen molar-refractivity contribution < 1.29 is 9.90 Å². The van der Waals surface area contributed by atoms with Crippen molar-refractivity contribution in [2.75, 3.05) is 0 Å². The summed E-state index contributed by atoms with van der Waals surface area (Å²) < 4.78 is 0. The van der Waals surface area contributed by atoms with Crippen molar-refractivity contribution in [2.45, 2.75) is 13.0 Å². The molecule has 0 spiro atoms. The molecule has 16 heavy (non-hydrogen) atoms. The van der Waals surface area contributed by atoms with E-state index in [1.807, 2.05) is 6.07 Å². The number of primary amides is 1. The normalized spacial score (nSPS) is 12.6. The third kappa shape index (κ3) is 1.72. The zero-order chi connectivity index (χ0) is 11.7. The number of aliphatic hydroxyl groups is 1. The third-order valence-corrected chi connectivity index (χ3v) is 2.23. The first-order valence-electron chi connectivity index (χ1n) is 4.84. The van der Waals surface area contributed by atoms with Crippen LogP contribution < -0.4 is 5.73 Å². The molecule has 0 saturated heterocycles. The van der Waals surface area contributed by atoms with Crippen molar-refractivity contribution >= 4 is 16.9 Å². The van der Waals surface area contributed by atoms with Crippen molar-refractivity contribution in [3.63, 3.8) is 0 Å². The highest BCUT2D eigenvalue weighted by molar-refractivity contribution is 5.94. The summed E-state index contributed by atoms with van der Waals surface area (Å²) >= 11 is 0. The van der Waals surface area contributed by atoms with Gasteiger partial charge in [0.25, 0.3) is 5.91 Å². The highest BCUT2D eigenvalue weighted by Gasteiger charge is 2.16. The Morgan fingerprint density at radius 2 is 1.88 bits per heavy atom. The molecule has 1 aromatic heterocycles. The Hall–Kier alpha value is -2.01. The second-order valence-corrected chi connectivity index (χ2v) is 3.49. The maximum atomic E-state index is 11.2. The molecule has 5 nitrogen and oxygen atoms in total. The molecule has 2 rings (SSSR count). The van der Waals surface area contributed by atoms with E-state index >= 15 is 0 Å². The molecule has 1 heterocycles. The molecule has 1 atom stereocenters. The molecule has 82 valence electrons. The molecule has 3 N–H and O–H groups in total. The van der Waals surface area contributed by atoms with Gasteiger partial charge in [0.1, 0.15) is 5.69 Å².